The predicted octanol–water partition coefficient (Wildman–Crippen LogP) is 0.247. The molecule has 1 amide bonds. The van der Waals surface area contributed by atoms with Gasteiger partial charge in [0.2, 0.25) is 5.91 Å². The third-order valence-corrected chi connectivity index (χ3v) is 8.42. The normalized spacial score (nSPS) is 30.8. The van der Waals surface area contributed by atoms with Crippen LogP contribution < -0.4 is 14.8 Å². The number of rotatable bonds is 8. The smallest absolute Gasteiger partial charge is 0.326 e. The van der Waals surface area contributed by atoms with Gasteiger partial charge in [0.05, 0.1) is 18.1 Å². The van der Waals surface area contributed by atoms with Gasteiger partial charge in [-0.25, -0.2) is 4.79 Å². The number of nitrogens with zero attached hydrogens (tertiary/aromatic N) is 1. The van der Waals surface area contributed by atoms with E-state index in [0.717, 1.165) is 17.7 Å². The highest BCUT2D eigenvalue weighted by Crippen LogP contribution is 2.65. The fourth-order valence-corrected chi connectivity index (χ4v) is 6.58. The minimum atomic E-state index is -1.38. The van der Waals surface area contributed by atoms with Gasteiger partial charge >= 0.3 is 11.9 Å². The molecule has 2 aliphatic carbocycles. The molecule has 0 saturated carbocycles. The van der Waals surface area contributed by atoms with Crippen LogP contribution in [0.4, 0.5) is 0 Å². The lowest BCUT2D eigenvalue weighted by molar-refractivity contribution is -0.169. The number of carboxylic acid groups (broad SMARTS) is 1. The second-order valence-electron chi connectivity index (χ2n) is 10.4. The summed E-state index contributed by atoms with van der Waals surface area (Å²) in [5, 5.41) is 33.1. The van der Waals surface area contributed by atoms with Gasteiger partial charge in [-0.3, -0.25) is 9.59 Å². The summed E-state index contributed by atoms with van der Waals surface area (Å²) >= 11 is 0. The number of aliphatic hydroxyl groups excluding tert-OH is 1. The van der Waals surface area contributed by atoms with Crippen molar-refractivity contribution in [2.45, 2.75) is 74.3 Å². The molecule has 1 saturated heterocycles. The Morgan fingerprint density at radius 3 is 2.76 bits per heavy atom. The van der Waals surface area contributed by atoms with Crippen LogP contribution in [0.5, 0.6) is 11.5 Å². The minimum Gasteiger partial charge on any atom is -0.493 e. The SMILES string of the molecule is COc1ccc2c3c1O[C@@H]1C(OC(=O)CC[C@H](NC(=O)[C@H](C)O)C(=O)O)=CC[C@]4(O)[C@H](C2)N(C)CC[C@@]314. The van der Waals surface area contributed by atoms with Crippen molar-refractivity contribution in [2.75, 3.05) is 20.7 Å². The number of carbonyl (C=O) groups excluding carboxylic acids is 2. The number of esters is 1. The second-order valence-corrected chi connectivity index (χ2v) is 10.4. The third-order valence-electron chi connectivity index (χ3n) is 8.42. The number of likely N-dealkylation sites (tertiary alicyclic amines) is 1. The van der Waals surface area contributed by atoms with Gasteiger partial charge in [0.1, 0.15) is 17.9 Å². The molecule has 4 aliphatic rings. The molecule has 4 N–H and O–H groups in total. The molecule has 0 radical (unpaired) electrons. The molecule has 1 aromatic carbocycles. The third kappa shape index (κ3) is 3.71. The lowest BCUT2D eigenvalue weighted by atomic mass is 9.50. The Balaban J connectivity index is 1.41. The van der Waals surface area contributed by atoms with E-state index in [9.17, 15) is 29.7 Å². The number of carboxylic acids is 1. The van der Waals surface area contributed by atoms with Gasteiger partial charge in [-0.2, -0.15) is 0 Å². The zero-order valence-corrected chi connectivity index (χ0v) is 21.0. The van der Waals surface area contributed by atoms with Crippen molar-refractivity contribution < 1.29 is 43.9 Å². The summed E-state index contributed by atoms with van der Waals surface area (Å²) in [4.78, 5) is 38.3. The molecule has 11 nitrogen and oxygen atoms in total. The van der Waals surface area contributed by atoms with E-state index in [4.69, 9.17) is 14.2 Å². The monoisotopic (exact) mass is 516 g/mol. The predicted molar refractivity (Wildman–Crippen MR) is 128 cm³/mol. The summed E-state index contributed by atoms with van der Waals surface area (Å²) in [5.41, 5.74) is 0.0356. The van der Waals surface area contributed by atoms with Crippen LogP contribution in [0.3, 0.4) is 0 Å². The van der Waals surface area contributed by atoms with Crippen molar-refractivity contribution in [3.8, 4) is 11.5 Å². The summed E-state index contributed by atoms with van der Waals surface area (Å²) in [6.07, 6.45) is 0.586. The first-order chi connectivity index (χ1) is 17.5. The molecule has 6 atom stereocenters. The Labute approximate surface area is 214 Å². The summed E-state index contributed by atoms with van der Waals surface area (Å²) in [5.74, 6) is -1.46. The molecular formula is C26H32N2O9. The molecule has 2 aliphatic heterocycles. The first kappa shape index (κ1) is 25.5. The van der Waals surface area contributed by atoms with Crippen molar-refractivity contribution in [1.29, 1.82) is 0 Å². The van der Waals surface area contributed by atoms with Crippen LogP contribution >= 0.6 is 0 Å². The number of nitrogens with one attached hydrogen (secondary N) is 1. The van der Waals surface area contributed by atoms with E-state index in [0.29, 0.717) is 24.3 Å². The molecule has 0 unspecified atom stereocenters. The summed E-state index contributed by atoms with van der Waals surface area (Å²) in [6, 6.07) is 2.37. The molecule has 37 heavy (non-hydrogen) atoms. The van der Waals surface area contributed by atoms with Crippen LogP contribution in [-0.4, -0.2) is 88.7 Å². The lowest BCUT2D eigenvalue weighted by Crippen LogP contribution is -2.74. The highest BCUT2D eigenvalue weighted by atomic mass is 16.6. The summed E-state index contributed by atoms with van der Waals surface area (Å²) in [7, 11) is 3.56. The highest BCUT2D eigenvalue weighted by Gasteiger charge is 2.72. The van der Waals surface area contributed by atoms with Gasteiger partial charge in [-0.05, 0) is 57.5 Å². The zero-order chi connectivity index (χ0) is 26.7. The number of aliphatic hydroxyl groups is 2. The number of likely N-dealkylation sites (N-methyl/N-ethyl adjacent to an activating group) is 1. The molecule has 5 rings (SSSR count). The van der Waals surface area contributed by atoms with Crippen molar-refractivity contribution in [2.24, 2.45) is 0 Å². The van der Waals surface area contributed by atoms with Crippen LogP contribution in [0.25, 0.3) is 0 Å². The summed E-state index contributed by atoms with van der Waals surface area (Å²) in [6.45, 7) is 1.95. The van der Waals surface area contributed by atoms with Gasteiger partial charge in [-0.1, -0.05) is 6.07 Å². The molecule has 2 heterocycles. The Hall–Kier alpha value is -3.15. The van der Waals surface area contributed by atoms with E-state index in [2.05, 4.69) is 10.2 Å². The fourth-order valence-electron chi connectivity index (χ4n) is 6.58. The highest BCUT2D eigenvalue weighted by molar-refractivity contribution is 5.86. The van der Waals surface area contributed by atoms with Gasteiger partial charge in [0.25, 0.3) is 0 Å². The topological polar surface area (TPSA) is 155 Å². The quantitative estimate of drug-likeness (QED) is 0.353. The maximum atomic E-state index is 12.8. The standard InChI is InChI=1S/C26H32N2O9/c1-13(29)23(31)27-15(24(32)33)5-7-19(30)36-17-8-9-26(34)18-12-14-4-6-16(35-3)21-20(14)25(26,22(17)37-21)10-11-28(18)2/h4,6,8,13,15,18,22,29,34H,5,7,9-12H2,1-3H3,(H,27,31)(H,32,33)/t13-,15-,18-,22+,25+,26-/m0/s1. The first-order valence-corrected chi connectivity index (χ1v) is 12.4. The molecule has 1 fully saturated rings. The Bertz CT molecular complexity index is 1180. The van der Waals surface area contributed by atoms with E-state index in [-0.39, 0.29) is 31.1 Å². The zero-order valence-electron chi connectivity index (χ0n) is 21.0. The van der Waals surface area contributed by atoms with Gasteiger partial charge in [-0.15, -0.1) is 0 Å². The molecule has 0 aromatic heterocycles. The number of hydrogen-bond donors (Lipinski definition) is 4. The van der Waals surface area contributed by atoms with E-state index in [1.54, 1.807) is 13.2 Å². The number of methoxy groups -OCH3 is 1. The molecule has 1 spiro atoms. The van der Waals surface area contributed by atoms with Crippen molar-refractivity contribution >= 4 is 17.8 Å². The van der Waals surface area contributed by atoms with E-state index in [1.165, 1.54) is 6.92 Å². The molecular weight excluding hydrogens is 484 g/mol. The Morgan fingerprint density at radius 1 is 1.32 bits per heavy atom. The number of amides is 1. The van der Waals surface area contributed by atoms with E-state index >= 15 is 0 Å². The average Bonchev–Trinajstić information content (AvgIpc) is 3.21. The maximum absolute atomic E-state index is 12.8. The number of piperidine rings is 1. The lowest BCUT2D eigenvalue weighted by Gasteiger charge is -2.61. The summed E-state index contributed by atoms with van der Waals surface area (Å²) < 4.78 is 17.7. The van der Waals surface area contributed by atoms with E-state index in [1.807, 2.05) is 19.2 Å². The molecule has 200 valence electrons. The molecule has 2 bridgehead atoms. The van der Waals surface area contributed by atoms with Crippen molar-refractivity contribution in [1.82, 2.24) is 10.2 Å². The van der Waals surface area contributed by atoms with Gasteiger partial charge in [0, 0.05) is 24.4 Å². The van der Waals surface area contributed by atoms with Crippen LogP contribution in [0, 0.1) is 0 Å². The number of hydrogen-bond acceptors (Lipinski definition) is 9. The maximum Gasteiger partial charge on any atom is 0.326 e. The number of ether oxygens (including phenoxy) is 3. The average molecular weight is 517 g/mol. The van der Waals surface area contributed by atoms with Crippen LogP contribution in [0.2, 0.25) is 0 Å². The minimum absolute atomic E-state index is 0.137. The molecule has 11 heteroatoms. The number of carbonyl (C=O) groups is 3. The fraction of sp³-hybridized carbons (Fsp3) is 0.577. The van der Waals surface area contributed by atoms with Crippen LogP contribution in [0.1, 0.15) is 43.7 Å². The largest absolute Gasteiger partial charge is 0.493 e. The Kier molecular flexibility index (Phi) is 6.20. The van der Waals surface area contributed by atoms with Crippen LogP contribution in [0.15, 0.2) is 24.0 Å². The Morgan fingerprint density at radius 2 is 2.08 bits per heavy atom. The molecule has 1 aromatic rings. The number of aliphatic carboxylic acids is 1. The van der Waals surface area contributed by atoms with Crippen LogP contribution in [-0.2, 0) is 31.0 Å². The van der Waals surface area contributed by atoms with Gasteiger partial charge < -0.3 is 39.7 Å². The number of benzene rings is 1. The second kappa shape index (κ2) is 9.00. The first-order valence-electron chi connectivity index (χ1n) is 12.4. The van der Waals surface area contributed by atoms with Crippen molar-refractivity contribution in [3.05, 3.63) is 35.1 Å². The van der Waals surface area contributed by atoms with Crippen molar-refractivity contribution in [3.63, 3.8) is 0 Å². The van der Waals surface area contributed by atoms with E-state index < -0.39 is 47.1 Å². The van der Waals surface area contributed by atoms with Gasteiger partial charge in [0.15, 0.2) is 17.6 Å².